The second kappa shape index (κ2) is 5.22. The Morgan fingerprint density at radius 1 is 1.69 bits per heavy atom. The van der Waals surface area contributed by atoms with E-state index in [1.807, 2.05) is 5.43 Å². The van der Waals surface area contributed by atoms with Crippen molar-refractivity contribution in [3.8, 4) is 11.5 Å². The first-order valence-electron chi connectivity index (χ1n) is 4.19. The molecule has 0 saturated heterocycles. The molecule has 1 aromatic rings. The number of ether oxygens (including phenoxy) is 1. The van der Waals surface area contributed by atoms with Gasteiger partial charge in [-0.1, -0.05) is 11.6 Å². The molecule has 2 amide bonds. The molecule has 1 aromatic carbocycles. The monoisotopic (exact) mass is 243 g/mol. The molecule has 6 nitrogen and oxygen atoms in total. The van der Waals surface area contributed by atoms with E-state index >= 15 is 0 Å². The quantitative estimate of drug-likeness (QED) is 0.547. The lowest BCUT2D eigenvalue weighted by Gasteiger charge is -2.05. The Hall–Kier alpha value is -1.95. The summed E-state index contributed by atoms with van der Waals surface area (Å²) in [6, 6.07) is 2.20. The molecule has 0 heterocycles. The second-order valence-electron chi connectivity index (χ2n) is 2.79. The summed E-state index contributed by atoms with van der Waals surface area (Å²) in [7, 11) is 1.40. The number of phenols is 1. The predicted molar refractivity (Wildman–Crippen MR) is 60.0 cm³/mol. The number of nitrogens with one attached hydrogen (secondary N) is 1. The third-order valence-corrected chi connectivity index (χ3v) is 1.95. The number of nitrogens with two attached hydrogens (primary N) is 1. The summed E-state index contributed by atoms with van der Waals surface area (Å²) in [5.41, 5.74) is 7.39. The normalized spacial score (nSPS) is 10.4. The average Bonchev–Trinajstić information content (AvgIpc) is 2.22. The summed E-state index contributed by atoms with van der Waals surface area (Å²) in [6.45, 7) is 0. The summed E-state index contributed by atoms with van der Waals surface area (Å²) in [5, 5.41) is 13.1. The number of benzene rings is 1. The lowest BCUT2D eigenvalue weighted by Crippen LogP contribution is -2.24. The largest absolute Gasteiger partial charge is 0.503 e. The van der Waals surface area contributed by atoms with Gasteiger partial charge in [-0.15, -0.1) is 0 Å². The van der Waals surface area contributed by atoms with Crippen molar-refractivity contribution in [2.45, 2.75) is 0 Å². The van der Waals surface area contributed by atoms with Crippen LogP contribution in [0.15, 0.2) is 17.2 Å². The van der Waals surface area contributed by atoms with E-state index in [0.717, 1.165) is 0 Å². The highest BCUT2D eigenvalue weighted by Gasteiger charge is 2.07. The first-order chi connectivity index (χ1) is 7.54. The van der Waals surface area contributed by atoms with Crippen LogP contribution in [0.25, 0.3) is 0 Å². The molecule has 16 heavy (non-hydrogen) atoms. The number of halogens is 1. The lowest BCUT2D eigenvalue weighted by atomic mass is 10.2. The van der Waals surface area contributed by atoms with E-state index in [1.165, 1.54) is 25.5 Å². The van der Waals surface area contributed by atoms with E-state index < -0.39 is 6.03 Å². The first kappa shape index (κ1) is 12.1. The van der Waals surface area contributed by atoms with E-state index in [0.29, 0.717) is 5.56 Å². The Bertz CT molecular complexity index is 434. The molecular weight excluding hydrogens is 234 g/mol. The van der Waals surface area contributed by atoms with E-state index in [2.05, 4.69) is 5.10 Å². The van der Waals surface area contributed by atoms with Gasteiger partial charge in [0.25, 0.3) is 0 Å². The molecule has 0 aliphatic heterocycles. The molecule has 1 rings (SSSR count). The van der Waals surface area contributed by atoms with Crippen LogP contribution in [0.3, 0.4) is 0 Å². The van der Waals surface area contributed by atoms with Crippen molar-refractivity contribution >= 4 is 23.8 Å². The number of primary amides is 1. The van der Waals surface area contributed by atoms with Gasteiger partial charge in [-0.25, -0.2) is 10.2 Å². The van der Waals surface area contributed by atoms with Gasteiger partial charge < -0.3 is 15.6 Å². The Morgan fingerprint density at radius 2 is 2.38 bits per heavy atom. The highest BCUT2D eigenvalue weighted by atomic mass is 35.5. The number of carbonyl (C=O) groups excluding carboxylic acids is 1. The number of hydrogen-bond donors (Lipinski definition) is 3. The van der Waals surface area contributed by atoms with Crippen molar-refractivity contribution in [2.75, 3.05) is 7.11 Å². The smallest absolute Gasteiger partial charge is 0.332 e. The number of urea groups is 1. The number of hydrogen-bond acceptors (Lipinski definition) is 4. The van der Waals surface area contributed by atoms with Crippen molar-refractivity contribution in [3.63, 3.8) is 0 Å². The van der Waals surface area contributed by atoms with Crippen LogP contribution in [0, 0.1) is 0 Å². The van der Waals surface area contributed by atoms with Crippen molar-refractivity contribution in [1.82, 2.24) is 5.43 Å². The SMILES string of the molecule is COc1cc(/C=N\NC(N)=O)cc(Cl)c1O. The third-order valence-electron chi connectivity index (χ3n) is 1.66. The summed E-state index contributed by atoms with van der Waals surface area (Å²) in [4.78, 5) is 10.3. The molecule has 0 bridgehead atoms. The van der Waals surface area contributed by atoms with E-state index in [4.69, 9.17) is 22.1 Å². The Balaban J connectivity index is 2.93. The van der Waals surface area contributed by atoms with Gasteiger partial charge in [-0.05, 0) is 17.7 Å². The molecule has 0 atom stereocenters. The van der Waals surface area contributed by atoms with Crippen LogP contribution < -0.4 is 15.9 Å². The zero-order chi connectivity index (χ0) is 12.1. The highest BCUT2D eigenvalue weighted by Crippen LogP contribution is 2.34. The standard InChI is InChI=1S/C9H10ClN3O3/c1-16-7-3-5(2-6(10)8(7)14)4-12-13-9(11)15/h2-4,14H,1H3,(H3,11,13,15)/b12-4-. The van der Waals surface area contributed by atoms with Crippen LogP contribution in [-0.2, 0) is 0 Å². The number of methoxy groups -OCH3 is 1. The minimum atomic E-state index is -0.770. The molecule has 4 N–H and O–H groups in total. The van der Waals surface area contributed by atoms with Crippen LogP contribution >= 0.6 is 11.6 Å². The second-order valence-corrected chi connectivity index (χ2v) is 3.20. The minimum Gasteiger partial charge on any atom is -0.503 e. The molecule has 0 saturated carbocycles. The van der Waals surface area contributed by atoms with Gasteiger partial charge in [0, 0.05) is 0 Å². The van der Waals surface area contributed by atoms with E-state index in [-0.39, 0.29) is 16.5 Å². The summed E-state index contributed by atoms with van der Waals surface area (Å²) in [6.07, 6.45) is 1.32. The third kappa shape index (κ3) is 3.03. The van der Waals surface area contributed by atoms with E-state index in [9.17, 15) is 9.90 Å². The molecule has 0 radical (unpaired) electrons. The molecule has 0 aliphatic carbocycles. The van der Waals surface area contributed by atoms with Gasteiger partial charge in [0.05, 0.1) is 18.3 Å². The highest BCUT2D eigenvalue weighted by molar-refractivity contribution is 6.32. The molecule has 7 heteroatoms. The van der Waals surface area contributed by atoms with Crippen LogP contribution in [0.5, 0.6) is 11.5 Å². The Labute approximate surface area is 96.7 Å². The van der Waals surface area contributed by atoms with Gasteiger partial charge >= 0.3 is 6.03 Å². The zero-order valence-corrected chi connectivity index (χ0v) is 9.15. The number of nitrogens with zero attached hydrogens (tertiary/aromatic N) is 1. The number of hydrazone groups is 1. The Kier molecular flexibility index (Phi) is 3.96. The number of phenolic OH excluding ortho intramolecular Hbond substituents is 1. The zero-order valence-electron chi connectivity index (χ0n) is 8.40. The van der Waals surface area contributed by atoms with Crippen molar-refractivity contribution in [2.24, 2.45) is 10.8 Å². The molecule has 0 aliphatic rings. The molecule has 0 spiro atoms. The summed E-state index contributed by atoms with van der Waals surface area (Å²) in [5.74, 6) is 0.0669. The molecule has 0 fully saturated rings. The number of rotatable bonds is 3. The number of aromatic hydroxyl groups is 1. The van der Waals surface area contributed by atoms with Gasteiger partial charge in [0.15, 0.2) is 11.5 Å². The topological polar surface area (TPSA) is 96.9 Å². The molecular formula is C9H10ClN3O3. The van der Waals surface area contributed by atoms with Crippen LogP contribution in [0.1, 0.15) is 5.56 Å². The first-order valence-corrected chi connectivity index (χ1v) is 4.57. The fourth-order valence-corrected chi connectivity index (χ4v) is 1.21. The maximum atomic E-state index is 10.3. The minimum absolute atomic E-state index is 0.125. The Morgan fingerprint density at radius 3 is 2.94 bits per heavy atom. The van der Waals surface area contributed by atoms with Crippen molar-refractivity contribution in [3.05, 3.63) is 22.7 Å². The van der Waals surface area contributed by atoms with Crippen LogP contribution in [-0.4, -0.2) is 24.5 Å². The fourth-order valence-electron chi connectivity index (χ4n) is 0.994. The molecule has 0 aromatic heterocycles. The van der Waals surface area contributed by atoms with Crippen LogP contribution in [0.2, 0.25) is 5.02 Å². The number of amides is 2. The van der Waals surface area contributed by atoms with Gasteiger partial charge in [0.2, 0.25) is 0 Å². The average molecular weight is 244 g/mol. The summed E-state index contributed by atoms with van der Waals surface area (Å²) >= 11 is 5.74. The fraction of sp³-hybridized carbons (Fsp3) is 0.111. The van der Waals surface area contributed by atoms with Crippen LogP contribution in [0.4, 0.5) is 4.79 Å². The maximum Gasteiger partial charge on any atom is 0.332 e. The predicted octanol–water partition coefficient (Wildman–Crippen LogP) is 1.06. The molecule has 86 valence electrons. The maximum absolute atomic E-state index is 10.3. The van der Waals surface area contributed by atoms with Gasteiger partial charge in [-0.2, -0.15) is 5.10 Å². The lowest BCUT2D eigenvalue weighted by molar-refractivity contribution is 0.249. The van der Waals surface area contributed by atoms with Crippen molar-refractivity contribution in [1.29, 1.82) is 0 Å². The molecule has 0 unspecified atom stereocenters. The van der Waals surface area contributed by atoms with Gasteiger partial charge in [0.1, 0.15) is 0 Å². The van der Waals surface area contributed by atoms with Gasteiger partial charge in [-0.3, -0.25) is 0 Å². The van der Waals surface area contributed by atoms with E-state index in [1.54, 1.807) is 0 Å². The summed E-state index contributed by atoms with van der Waals surface area (Å²) < 4.78 is 4.89. The van der Waals surface area contributed by atoms with Crippen molar-refractivity contribution < 1.29 is 14.6 Å². The number of carbonyl (C=O) groups is 1.